The van der Waals surface area contributed by atoms with Crippen molar-refractivity contribution < 1.29 is 9.53 Å². The Bertz CT molecular complexity index is 1080. The summed E-state index contributed by atoms with van der Waals surface area (Å²) in [7, 11) is 0. The van der Waals surface area contributed by atoms with Crippen molar-refractivity contribution >= 4 is 51.8 Å². The Balaban J connectivity index is 1.93. The number of fused-ring (bicyclic) bond motifs is 3. The third-order valence-electron chi connectivity index (χ3n) is 4.89. The Labute approximate surface area is 178 Å². The summed E-state index contributed by atoms with van der Waals surface area (Å²) >= 11 is 13.9. The molecule has 0 amide bonds. The normalized spacial score (nSPS) is 16.0. The lowest BCUT2D eigenvalue weighted by Gasteiger charge is -2.14. The second-order valence-corrected chi connectivity index (χ2v) is 9.07. The van der Waals surface area contributed by atoms with Gasteiger partial charge in [-0.25, -0.2) is 0 Å². The number of nitrogens with zero attached hydrogens (tertiary/aromatic N) is 2. The molecule has 0 saturated carbocycles. The van der Waals surface area contributed by atoms with Gasteiger partial charge < -0.3 is 9.30 Å². The van der Waals surface area contributed by atoms with Gasteiger partial charge >= 0.3 is 5.97 Å². The fourth-order valence-electron chi connectivity index (χ4n) is 3.76. The second kappa shape index (κ2) is 7.62. The lowest BCUT2D eigenvalue weighted by molar-refractivity contribution is -0.146. The van der Waals surface area contributed by atoms with Gasteiger partial charge in [0.25, 0.3) is 0 Å². The number of benzene rings is 1. The zero-order valence-electron chi connectivity index (χ0n) is 15.8. The minimum atomic E-state index is -0.267. The van der Waals surface area contributed by atoms with Crippen LogP contribution in [-0.2, 0) is 16.1 Å². The molecule has 2 aromatic heterocycles. The second-order valence-electron chi connectivity index (χ2n) is 7.18. The first-order valence-electron chi connectivity index (χ1n) is 9.18. The molecule has 7 heteroatoms. The quantitative estimate of drug-likeness (QED) is 0.432. The van der Waals surface area contributed by atoms with Gasteiger partial charge in [0.05, 0.1) is 26.9 Å². The largest absolute Gasteiger partial charge is 0.456 e. The molecule has 28 heavy (non-hydrogen) atoms. The summed E-state index contributed by atoms with van der Waals surface area (Å²) in [6.45, 7) is 6.55. The number of pyridine rings is 1. The molecule has 1 atom stereocenters. The fourth-order valence-corrected chi connectivity index (χ4v) is 5.33. The van der Waals surface area contributed by atoms with Gasteiger partial charge in [-0.3, -0.25) is 9.78 Å². The van der Waals surface area contributed by atoms with E-state index in [4.69, 9.17) is 27.9 Å². The van der Waals surface area contributed by atoms with E-state index in [0.717, 1.165) is 45.0 Å². The summed E-state index contributed by atoms with van der Waals surface area (Å²) in [6, 6.07) is 7.66. The molecule has 0 bridgehead atoms. The van der Waals surface area contributed by atoms with Gasteiger partial charge in [0.1, 0.15) is 6.10 Å². The molecule has 0 radical (unpaired) electrons. The van der Waals surface area contributed by atoms with E-state index in [1.54, 1.807) is 17.8 Å². The Kier molecular flexibility index (Phi) is 5.34. The highest BCUT2D eigenvalue weighted by molar-refractivity contribution is 7.99. The number of esters is 1. The summed E-state index contributed by atoms with van der Waals surface area (Å²) in [6.07, 6.45) is 2.38. The molecule has 1 unspecified atom stereocenters. The van der Waals surface area contributed by atoms with Crippen LogP contribution in [0.25, 0.3) is 10.9 Å². The van der Waals surface area contributed by atoms with Crippen LogP contribution in [0.4, 0.5) is 0 Å². The number of halogens is 2. The van der Waals surface area contributed by atoms with Crippen LogP contribution in [0.5, 0.6) is 0 Å². The molecule has 0 N–H and O–H groups in total. The van der Waals surface area contributed by atoms with Crippen molar-refractivity contribution in [1.82, 2.24) is 9.55 Å². The molecule has 4 nitrogen and oxygen atoms in total. The molecule has 3 heterocycles. The zero-order valence-corrected chi connectivity index (χ0v) is 18.2. The van der Waals surface area contributed by atoms with Crippen molar-refractivity contribution in [2.75, 3.05) is 0 Å². The molecule has 4 rings (SSSR count). The zero-order chi connectivity index (χ0) is 20.0. The van der Waals surface area contributed by atoms with E-state index in [9.17, 15) is 4.79 Å². The fraction of sp³-hybridized carbons (Fsp3) is 0.333. The number of carbonyl (C=O) groups is 1. The summed E-state index contributed by atoms with van der Waals surface area (Å²) in [5.41, 5.74) is 3.21. The standard InChI is InChI=1S/C21H20Cl2N2O2S/c1-11(2)19-18-16(6-8-24-19)25-9-7-17(27-12(3)26)20(25)21(18)28-13-4-5-14(22)15(23)10-13/h4-6,8,10-11,17H,7,9H2,1-3H3. The maximum absolute atomic E-state index is 11.7. The maximum atomic E-state index is 11.7. The number of carbonyl (C=O) groups excluding carboxylic acids is 1. The molecule has 3 aromatic rings. The minimum Gasteiger partial charge on any atom is -0.456 e. The Morgan fingerprint density at radius 3 is 2.75 bits per heavy atom. The maximum Gasteiger partial charge on any atom is 0.303 e. The van der Waals surface area contributed by atoms with Crippen LogP contribution in [0.2, 0.25) is 10.0 Å². The highest BCUT2D eigenvalue weighted by atomic mass is 35.5. The highest BCUT2D eigenvalue weighted by Crippen LogP contribution is 2.48. The predicted molar refractivity (Wildman–Crippen MR) is 114 cm³/mol. The van der Waals surface area contributed by atoms with Crippen LogP contribution in [0.1, 0.15) is 50.6 Å². The number of hydrogen-bond donors (Lipinski definition) is 0. The smallest absolute Gasteiger partial charge is 0.303 e. The van der Waals surface area contributed by atoms with Gasteiger partial charge in [-0.15, -0.1) is 0 Å². The lowest BCUT2D eigenvalue weighted by atomic mass is 10.1. The number of hydrogen-bond acceptors (Lipinski definition) is 4. The van der Waals surface area contributed by atoms with Crippen molar-refractivity contribution in [2.45, 2.75) is 55.5 Å². The van der Waals surface area contributed by atoms with Crippen LogP contribution in [-0.4, -0.2) is 15.5 Å². The van der Waals surface area contributed by atoms with Crippen LogP contribution < -0.4 is 0 Å². The minimum absolute atomic E-state index is 0.254. The van der Waals surface area contributed by atoms with Crippen molar-refractivity contribution in [3.05, 3.63) is 51.9 Å². The van der Waals surface area contributed by atoms with Gasteiger partial charge in [-0.1, -0.05) is 48.8 Å². The van der Waals surface area contributed by atoms with Gasteiger partial charge in [-0.05, 0) is 30.2 Å². The molecule has 0 spiro atoms. The van der Waals surface area contributed by atoms with E-state index in [0.29, 0.717) is 10.0 Å². The van der Waals surface area contributed by atoms with Crippen LogP contribution in [0, 0.1) is 0 Å². The number of ether oxygens (including phenoxy) is 1. The SMILES string of the molecule is CC(=O)OC1CCn2c1c(Sc1ccc(Cl)c(Cl)c1)c1c(C(C)C)nccc12. The third kappa shape index (κ3) is 3.40. The van der Waals surface area contributed by atoms with Crippen molar-refractivity contribution in [3.63, 3.8) is 0 Å². The van der Waals surface area contributed by atoms with E-state index in [1.165, 1.54) is 6.92 Å². The first-order chi connectivity index (χ1) is 13.4. The van der Waals surface area contributed by atoms with Crippen LogP contribution in [0.15, 0.2) is 40.3 Å². The first-order valence-corrected chi connectivity index (χ1v) is 10.7. The molecule has 0 aliphatic carbocycles. The van der Waals surface area contributed by atoms with E-state index in [2.05, 4.69) is 23.4 Å². The summed E-state index contributed by atoms with van der Waals surface area (Å²) in [4.78, 5) is 18.4. The number of aryl methyl sites for hydroxylation is 1. The Morgan fingerprint density at radius 1 is 1.29 bits per heavy atom. The number of aromatic nitrogens is 2. The van der Waals surface area contributed by atoms with Crippen molar-refractivity contribution in [2.24, 2.45) is 0 Å². The molecule has 0 fully saturated rings. The third-order valence-corrected chi connectivity index (χ3v) is 6.73. The average Bonchev–Trinajstić information content (AvgIpc) is 3.17. The summed E-state index contributed by atoms with van der Waals surface area (Å²) in [5, 5.41) is 2.17. The molecule has 0 saturated heterocycles. The van der Waals surface area contributed by atoms with E-state index < -0.39 is 0 Å². The number of rotatable bonds is 4. The van der Waals surface area contributed by atoms with Crippen LogP contribution >= 0.6 is 35.0 Å². The van der Waals surface area contributed by atoms with Gasteiger partial charge in [0, 0.05) is 41.3 Å². The van der Waals surface area contributed by atoms with Gasteiger partial charge in [0.15, 0.2) is 0 Å². The monoisotopic (exact) mass is 434 g/mol. The highest BCUT2D eigenvalue weighted by Gasteiger charge is 2.33. The summed E-state index contributed by atoms with van der Waals surface area (Å²) in [5.74, 6) is 0.00330. The Hall–Kier alpha value is -1.69. The topological polar surface area (TPSA) is 44.1 Å². The van der Waals surface area contributed by atoms with Crippen molar-refractivity contribution in [3.8, 4) is 0 Å². The van der Waals surface area contributed by atoms with E-state index in [-0.39, 0.29) is 18.0 Å². The van der Waals surface area contributed by atoms with E-state index >= 15 is 0 Å². The van der Waals surface area contributed by atoms with Gasteiger partial charge in [0.2, 0.25) is 0 Å². The van der Waals surface area contributed by atoms with Crippen molar-refractivity contribution in [1.29, 1.82) is 0 Å². The predicted octanol–water partition coefficient (Wildman–Crippen LogP) is 6.63. The molecular weight excluding hydrogens is 415 g/mol. The summed E-state index contributed by atoms with van der Waals surface area (Å²) < 4.78 is 7.91. The Morgan fingerprint density at radius 2 is 2.07 bits per heavy atom. The molecule has 1 aliphatic heterocycles. The average molecular weight is 435 g/mol. The molecule has 1 aliphatic rings. The molecular formula is C21H20Cl2N2O2S. The van der Waals surface area contributed by atoms with E-state index in [1.807, 2.05) is 24.4 Å². The lowest BCUT2D eigenvalue weighted by Crippen LogP contribution is -2.06. The van der Waals surface area contributed by atoms with Crippen LogP contribution in [0.3, 0.4) is 0 Å². The van der Waals surface area contributed by atoms with Gasteiger partial charge in [-0.2, -0.15) is 0 Å². The molecule has 146 valence electrons. The molecule has 1 aromatic carbocycles. The first kappa shape index (κ1) is 19.6.